The highest BCUT2D eigenvalue weighted by molar-refractivity contribution is 7.83. The summed E-state index contributed by atoms with van der Waals surface area (Å²) in [7, 11) is -1.96. The highest BCUT2D eigenvalue weighted by Gasteiger charge is 2.29. The van der Waals surface area contributed by atoms with Crippen LogP contribution in [0.2, 0.25) is 0 Å². The molecule has 29 heavy (non-hydrogen) atoms. The Hall–Kier alpha value is -2.40. The summed E-state index contributed by atoms with van der Waals surface area (Å²) >= 11 is 0. The van der Waals surface area contributed by atoms with E-state index in [1.165, 1.54) is 6.20 Å². The van der Waals surface area contributed by atoms with Crippen LogP contribution in [-0.2, 0) is 24.1 Å². The van der Waals surface area contributed by atoms with Crippen molar-refractivity contribution in [3.63, 3.8) is 0 Å². The molecule has 0 bridgehead atoms. The number of hydrogen-bond acceptors (Lipinski definition) is 6. The number of ether oxygens (including phenoxy) is 1. The van der Waals surface area contributed by atoms with E-state index in [2.05, 4.69) is 15.5 Å². The second-order valence-electron chi connectivity index (χ2n) is 7.51. The van der Waals surface area contributed by atoms with Crippen LogP contribution in [0.3, 0.4) is 0 Å². The lowest BCUT2D eigenvalue weighted by molar-refractivity contribution is 0.224. The van der Waals surface area contributed by atoms with Crippen LogP contribution in [0, 0.1) is 0 Å². The molecule has 3 N–H and O–H groups in total. The predicted molar refractivity (Wildman–Crippen MR) is 110 cm³/mol. The number of carbonyl (C=O) groups is 1. The number of fused-ring (bicyclic) bond motifs is 1. The van der Waals surface area contributed by atoms with E-state index in [4.69, 9.17) is 10.6 Å². The molecule has 3 rings (SSSR count). The van der Waals surface area contributed by atoms with E-state index in [0.29, 0.717) is 35.7 Å². The quantitative estimate of drug-likeness (QED) is 0.418. The van der Waals surface area contributed by atoms with E-state index in [1.54, 1.807) is 4.68 Å². The second kappa shape index (κ2) is 8.54. The maximum atomic E-state index is 12.9. The molecule has 160 valence electrons. The van der Waals surface area contributed by atoms with Crippen molar-refractivity contribution in [1.29, 1.82) is 0 Å². The number of nitrogens with two attached hydrogens (primary N) is 1. The molecule has 3 heterocycles. The lowest BCUT2D eigenvalue weighted by atomic mass is 10.0. The Morgan fingerprint density at radius 2 is 2.10 bits per heavy atom. The van der Waals surface area contributed by atoms with Crippen LogP contribution >= 0.6 is 0 Å². The zero-order valence-electron chi connectivity index (χ0n) is 17.5. The second-order valence-corrected chi connectivity index (χ2v) is 8.85. The zero-order chi connectivity index (χ0) is 21.3. The number of amides is 2. The van der Waals surface area contributed by atoms with Gasteiger partial charge in [0, 0.05) is 19.5 Å². The van der Waals surface area contributed by atoms with Crippen molar-refractivity contribution in [1.82, 2.24) is 24.0 Å². The van der Waals surface area contributed by atoms with E-state index in [0.717, 1.165) is 17.8 Å². The molecular weight excluding hydrogens is 394 g/mol. The molecule has 0 unspecified atom stereocenters. The average Bonchev–Trinajstić information content (AvgIpc) is 3.28. The summed E-state index contributed by atoms with van der Waals surface area (Å²) in [6.45, 7) is 12.0. The fraction of sp³-hybridized carbons (Fsp3) is 0.611. The molecule has 0 saturated carbocycles. The third kappa shape index (κ3) is 4.01. The highest BCUT2D eigenvalue weighted by atomic mass is 32.2. The third-order valence-electron chi connectivity index (χ3n) is 4.72. The molecule has 0 aliphatic carbocycles. The fourth-order valence-corrected chi connectivity index (χ4v) is 4.22. The van der Waals surface area contributed by atoms with Crippen LogP contribution in [0.5, 0.6) is 5.88 Å². The summed E-state index contributed by atoms with van der Waals surface area (Å²) in [5.41, 5.74) is 2.31. The smallest absolute Gasteiger partial charge is 0.348 e. The molecule has 1 aliphatic heterocycles. The lowest BCUT2D eigenvalue weighted by Crippen LogP contribution is -2.42. The van der Waals surface area contributed by atoms with Crippen molar-refractivity contribution >= 4 is 22.7 Å². The minimum atomic E-state index is -1.96. The number of aryl methyl sites for hydroxylation is 2. The normalized spacial score (nSPS) is 14.6. The predicted octanol–water partition coefficient (Wildman–Crippen LogP) is 2.56. The largest absolute Gasteiger partial charge is 0.477 e. The Morgan fingerprint density at radius 3 is 2.72 bits per heavy atom. The Kier molecular flexibility index (Phi) is 6.27. The minimum Gasteiger partial charge on any atom is -0.477 e. The first kappa shape index (κ1) is 21.3. The van der Waals surface area contributed by atoms with Gasteiger partial charge in [0.2, 0.25) is 5.88 Å². The fourth-order valence-electron chi connectivity index (χ4n) is 3.36. The zero-order valence-corrected chi connectivity index (χ0v) is 18.3. The van der Waals surface area contributed by atoms with E-state index in [-0.39, 0.29) is 16.7 Å². The van der Waals surface area contributed by atoms with E-state index in [9.17, 15) is 9.00 Å². The average molecular weight is 424 g/mol. The molecule has 0 fully saturated rings. The summed E-state index contributed by atoms with van der Waals surface area (Å²) in [4.78, 5) is 13.1. The van der Waals surface area contributed by atoms with Crippen LogP contribution in [-0.4, -0.2) is 40.8 Å². The molecule has 2 aromatic heterocycles. The number of nitrogens with zero attached hydrogens (tertiary/aromatic N) is 5. The van der Waals surface area contributed by atoms with E-state index >= 15 is 0 Å². The standard InChI is InChI=1S/C18H29N7O3S/c1-6-23-16(12(4)5)15(14(22-23)11(2)3)21-18(26)25(19)29(27)13-10-20-24-8-7-9-28-17(13)24/h10-12H,6-9,19H2,1-5H3,(H,21,26)/t29-/m0/s1. The van der Waals surface area contributed by atoms with Crippen LogP contribution in [0.15, 0.2) is 11.1 Å². The minimum absolute atomic E-state index is 0.100. The van der Waals surface area contributed by atoms with Crippen molar-refractivity contribution in [3.05, 3.63) is 17.6 Å². The van der Waals surface area contributed by atoms with Gasteiger partial charge in [0.05, 0.1) is 29.9 Å². The van der Waals surface area contributed by atoms with Gasteiger partial charge in [0.15, 0.2) is 11.0 Å². The van der Waals surface area contributed by atoms with Crippen molar-refractivity contribution in [2.75, 3.05) is 11.9 Å². The molecular formula is C18H29N7O3S. The topological polar surface area (TPSA) is 120 Å². The maximum Gasteiger partial charge on any atom is 0.348 e. The molecule has 1 aliphatic rings. The number of aromatic nitrogens is 4. The number of hydrazine groups is 1. The molecule has 10 nitrogen and oxygen atoms in total. The number of anilines is 1. The van der Waals surface area contributed by atoms with Crippen LogP contribution in [0.25, 0.3) is 0 Å². The van der Waals surface area contributed by atoms with Crippen LogP contribution in [0.4, 0.5) is 10.5 Å². The molecule has 2 aromatic rings. The van der Waals surface area contributed by atoms with Gasteiger partial charge >= 0.3 is 6.03 Å². The molecule has 0 saturated heterocycles. The van der Waals surface area contributed by atoms with Gasteiger partial charge < -0.3 is 10.1 Å². The maximum absolute atomic E-state index is 12.9. The van der Waals surface area contributed by atoms with Crippen molar-refractivity contribution in [3.8, 4) is 5.88 Å². The summed E-state index contributed by atoms with van der Waals surface area (Å²) in [5.74, 6) is 6.55. The molecule has 1 atom stereocenters. The Morgan fingerprint density at radius 1 is 1.38 bits per heavy atom. The monoisotopic (exact) mass is 423 g/mol. The highest BCUT2D eigenvalue weighted by Crippen LogP contribution is 2.33. The summed E-state index contributed by atoms with van der Waals surface area (Å²) in [6, 6.07) is -0.682. The Labute approximate surface area is 172 Å². The van der Waals surface area contributed by atoms with Crippen molar-refractivity contribution in [2.45, 2.75) is 70.9 Å². The summed E-state index contributed by atoms with van der Waals surface area (Å²) in [5, 5.41) is 11.6. The van der Waals surface area contributed by atoms with Gasteiger partial charge in [-0.1, -0.05) is 27.7 Å². The molecule has 0 radical (unpaired) electrons. The number of urea groups is 1. The van der Waals surface area contributed by atoms with Crippen LogP contribution in [0.1, 0.15) is 64.3 Å². The van der Waals surface area contributed by atoms with Gasteiger partial charge in [-0.05, 0) is 18.8 Å². The number of hydrogen-bond donors (Lipinski definition) is 2. The SMILES string of the molecule is CCn1nc(C(C)C)c(NC(=O)N(N)[S@@](=O)c2cnn3c2OCCC3)c1C(C)C. The van der Waals surface area contributed by atoms with Crippen molar-refractivity contribution in [2.24, 2.45) is 5.84 Å². The van der Waals surface area contributed by atoms with Gasteiger partial charge in [-0.15, -0.1) is 0 Å². The number of carbonyl (C=O) groups excluding carboxylic acids is 1. The first-order valence-electron chi connectivity index (χ1n) is 9.83. The summed E-state index contributed by atoms with van der Waals surface area (Å²) < 4.78 is 22.7. The van der Waals surface area contributed by atoms with Crippen LogP contribution < -0.4 is 15.9 Å². The summed E-state index contributed by atoms with van der Waals surface area (Å²) in [6.07, 6.45) is 2.25. The first-order chi connectivity index (χ1) is 13.8. The van der Waals surface area contributed by atoms with Crippen molar-refractivity contribution < 1.29 is 13.7 Å². The van der Waals surface area contributed by atoms with Gasteiger partial charge in [-0.3, -0.25) is 4.68 Å². The van der Waals surface area contributed by atoms with E-state index < -0.39 is 17.0 Å². The first-order valence-corrected chi connectivity index (χ1v) is 10.9. The Bertz CT molecular complexity index is 919. The van der Waals surface area contributed by atoms with Gasteiger partial charge in [-0.2, -0.15) is 14.6 Å². The van der Waals surface area contributed by atoms with Gasteiger partial charge in [0.25, 0.3) is 0 Å². The molecule has 0 aromatic carbocycles. The van der Waals surface area contributed by atoms with Gasteiger partial charge in [-0.25, -0.2) is 19.5 Å². The van der Waals surface area contributed by atoms with Gasteiger partial charge in [0.1, 0.15) is 4.90 Å². The number of rotatable bonds is 6. The lowest BCUT2D eigenvalue weighted by Gasteiger charge is -2.20. The van der Waals surface area contributed by atoms with E-state index in [1.807, 2.05) is 39.3 Å². The third-order valence-corrected chi connectivity index (χ3v) is 5.90. The number of nitrogens with one attached hydrogen (secondary N) is 1. The molecule has 11 heteroatoms. The molecule has 0 spiro atoms. The Balaban J connectivity index is 1.87. The molecule has 2 amide bonds.